The van der Waals surface area contributed by atoms with Gasteiger partial charge in [0.05, 0.1) is 6.42 Å². The van der Waals surface area contributed by atoms with E-state index in [1.807, 2.05) is 0 Å². The van der Waals surface area contributed by atoms with Gasteiger partial charge in [0.1, 0.15) is 0 Å². The molecule has 1 amide bonds. The molecule has 1 saturated heterocycles. The average Bonchev–Trinajstić information content (AvgIpc) is 2.41. The molecule has 2 aliphatic rings. The minimum absolute atomic E-state index is 0.163. The second kappa shape index (κ2) is 7.23. The minimum Gasteiger partial charge on any atom is -0.353 e. The summed E-state index contributed by atoms with van der Waals surface area (Å²) in [6.45, 7) is 4.37. The Morgan fingerprint density at radius 1 is 1.38 bits per heavy atom. The van der Waals surface area contributed by atoms with Crippen LogP contribution in [0.15, 0.2) is 23.8 Å². The van der Waals surface area contributed by atoms with Gasteiger partial charge in [-0.3, -0.25) is 4.79 Å². The monoisotopic (exact) mass is 291 g/mol. The van der Waals surface area contributed by atoms with Crippen molar-refractivity contribution in [1.82, 2.24) is 15.1 Å². The van der Waals surface area contributed by atoms with Gasteiger partial charge in [-0.15, -0.1) is 0 Å². The summed E-state index contributed by atoms with van der Waals surface area (Å²) in [7, 11) is 6.33. The van der Waals surface area contributed by atoms with E-state index in [-0.39, 0.29) is 5.91 Å². The first-order chi connectivity index (χ1) is 9.95. The van der Waals surface area contributed by atoms with Gasteiger partial charge in [-0.05, 0) is 58.6 Å². The van der Waals surface area contributed by atoms with Crippen molar-refractivity contribution in [3.8, 4) is 0 Å². The fourth-order valence-electron chi connectivity index (χ4n) is 3.27. The van der Waals surface area contributed by atoms with E-state index in [0.717, 1.165) is 31.5 Å². The third kappa shape index (κ3) is 4.68. The number of likely N-dealkylation sites (N-methyl/N-ethyl adjacent to an activating group) is 1. The van der Waals surface area contributed by atoms with E-state index >= 15 is 0 Å². The van der Waals surface area contributed by atoms with E-state index in [4.69, 9.17) is 0 Å². The van der Waals surface area contributed by atoms with Crippen molar-refractivity contribution in [2.24, 2.45) is 5.92 Å². The zero-order valence-corrected chi connectivity index (χ0v) is 13.8. The zero-order valence-electron chi connectivity index (χ0n) is 13.8. The first kappa shape index (κ1) is 16.2. The molecule has 1 aliphatic heterocycles. The van der Waals surface area contributed by atoms with Crippen molar-refractivity contribution in [2.45, 2.75) is 38.3 Å². The van der Waals surface area contributed by atoms with Crippen LogP contribution in [-0.4, -0.2) is 62.0 Å². The lowest BCUT2D eigenvalue weighted by atomic mass is 9.91. The summed E-state index contributed by atoms with van der Waals surface area (Å²) in [4.78, 5) is 16.7. The van der Waals surface area contributed by atoms with Crippen LogP contribution in [-0.2, 0) is 4.79 Å². The molecule has 2 rings (SSSR count). The van der Waals surface area contributed by atoms with E-state index in [2.05, 4.69) is 61.4 Å². The number of nitrogens with zero attached hydrogens (tertiary/aromatic N) is 2. The Morgan fingerprint density at radius 3 is 2.62 bits per heavy atom. The summed E-state index contributed by atoms with van der Waals surface area (Å²) < 4.78 is 0. The normalized spacial score (nSPS) is 27.8. The van der Waals surface area contributed by atoms with Crippen LogP contribution in [0.1, 0.15) is 26.2 Å². The molecule has 4 heteroatoms. The molecule has 0 aromatic rings. The fraction of sp³-hybridized carbons (Fsp3) is 0.706. The molecule has 1 fully saturated rings. The first-order valence-corrected chi connectivity index (χ1v) is 7.99. The number of rotatable bonds is 4. The molecule has 0 radical (unpaired) electrons. The van der Waals surface area contributed by atoms with Gasteiger partial charge in [0.15, 0.2) is 0 Å². The van der Waals surface area contributed by atoms with Gasteiger partial charge in [-0.1, -0.05) is 25.2 Å². The maximum Gasteiger partial charge on any atom is 0.224 e. The molecule has 1 heterocycles. The Bertz CT molecular complexity index is 420. The number of carbonyl (C=O) groups is 1. The predicted octanol–water partition coefficient (Wildman–Crippen LogP) is 1.65. The van der Waals surface area contributed by atoms with E-state index < -0.39 is 0 Å². The Morgan fingerprint density at radius 2 is 2.05 bits per heavy atom. The van der Waals surface area contributed by atoms with Crippen LogP contribution in [0.4, 0.5) is 0 Å². The highest BCUT2D eigenvalue weighted by atomic mass is 16.1. The summed E-state index contributed by atoms with van der Waals surface area (Å²) in [6.07, 6.45) is 9.19. The molecule has 118 valence electrons. The van der Waals surface area contributed by atoms with E-state index in [9.17, 15) is 4.79 Å². The van der Waals surface area contributed by atoms with Gasteiger partial charge < -0.3 is 15.1 Å². The average molecular weight is 291 g/mol. The number of allylic oxidation sites excluding steroid dienone is 1. The largest absolute Gasteiger partial charge is 0.353 e. The van der Waals surface area contributed by atoms with Crippen molar-refractivity contribution < 1.29 is 4.79 Å². The van der Waals surface area contributed by atoms with Gasteiger partial charge in [0.2, 0.25) is 5.91 Å². The topological polar surface area (TPSA) is 35.6 Å². The Balaban J connectivity index is 1.81. The van der Waals surface area contributed by atoms with Crippen molar-refractivity contribution in [1.29, 1.82) is 0 Å². The van der Waals surface area contributed by atoms with Crippen LogP contribution in [0.2, 0.25) is 0 Å². The summed E-state index contributed by atoms with van der Waals surface area (Å²) in [5.74, 6) is 0.618. The SMILES string of the molecule is C[C@H]1C=C(CC(=O)NC2CCN(C)CC2)C=CC1N(C)C. The molecule has 1 N–H and O–H groups in total. The number of carbonyl (C=O) groups excluding carboxylic acids is 1. The van der Waals surface area contributed by atoms with Gasteiger partial charge in [-0.25, -0.2) is 0 Å². The molecule has 1 unspecified atom stereocenters. The Labute approximate surface area is 128 Å². The van der Waals surface area contributed by atoms with Crippen LogP contribution in [0.5, 0.6) is 0 Å². The second-order valence-electron chi connectivity index (χ2n) is 6.74. The van der Waals surface area contributed by atoms with Crippen molar-refractivity contribution >= 4 is 5.91 Å². The summed E-state index contributed by atoms with van der Waals surface area (Å²) in [6, 6.07) is 0.791. The lowest BCUT2D eigenvalue weighted by molar-refractivity contribution is -0.121. The second-order valence-corrected chi connectivity index (χ2v) is 6.74. The van der Waals surface area contributed by atoms with Crippen LogP contribution >= 0.6 is 0 Å². The summed E-state index contributed by atoms with van der Waals surface area (Å²) >= 11 is 0. The molecule has 0 aromatic carbocycles. The standard InChI is InChI=1S/C17H29N3O/c1-13-11-14(5-6-16(13)19(2)3)12-17(21)18-15-7-9-20(4)10-8-15/h5-6,11,13,15-16H,7-10,12H2,1-4H3,(H,18,21)/t13-,16?/m0/s1. The van der Waals surface area contributed by atoms with Crippen LogP contribution in [0, 0.1) is 5.92 Å². The third-order valence-corrected chi connectivity index (χ3v) is 4.57. The van der Waals surface area contributed by atoms with Gasteiger partial charge in [-0.2, -0.15) is 0 Å². The maximum atomic E-state index is 12.2. The number of hydrogen-bond donors (Lipinski definition) is 1. The lowest BCUT2D eigenvalue weighted by Crippen LogP contribution is -2.43. The molecule has 0 aromatic heterocycles. The van der Waals surface area contributed by atoms with Crippen molar-refractivity contribution in [2.75, 3.05) is 34.2 Å². The highest BCUT2D eigenvalue weighted by molar-refractivity contribution is 5.79. The molecule has 1 aliphatic carbocycles. The molecular formula is C17H29N3O. The Kier molecular flexibility index (Phi) is 5.59. The predicted molar refractivity (Wildman–Crippen MR) is 87.1 cm³/mol. The highest BCUT2D eigenvalue weighted by Gasteiger charge is 2.21. The highest BCUT2D eigenvalue weighted by Crippen LogP contribution is 2.22. The van der Waals surface area contributed by atoms with Crippen molar-refractivity contribution in [3.63, 3.8) is 0 Å². The van der Waals surface area contributed by atoms with E-state index in [1.54, 1.807) is 0 Å². The molecule has 0 spiro atoms. The molecule has 0 bridgehead atoms. The number of amides is 1. The molecule has 0 saturated carbocycles. The maximum absolute atomic E-state index is 12.2. The van der Waals surface area contributed by atoms with Crippen LogP contribution < -0.4 is 5.32 Å². The Hall–Kier alpha value is -1.13. The van der Waals surface area contributed by atoms with Crippen LogP contribution in [0.3, 0.4) is 0 Å². The molecule has 21 heavy (non-hydrogen) atoms. The number of piperidine rings is 1. The smallest absolute Gasteiger partial charge is 0.224 e. The van der Waals surface area contributed by atoms with Gasteiger partial charge in [0.25, 0.3) is 0 Å². The number of hydrogen-bond acceptors (Lipinski definition) is 3. The summed E-state index contributed by atoms with van der Waals surface area (Å²) in [5, 5.41) is 3.18. The first-order valence-electron chi connectivity index (χ1n) is 7.99. The number of likely N-dealkylation sites (tertiary alicyclic amines) is 1. The van der Waals surface area contributed by atoms with Crippen LogP contribution in [0.25, 0.3) is 0 Å². The molecular weight excluding hydrogens is 262 g/mol. The van der Waals surface area contributed by atoms with E-state index in [1.165, 1.54) is 0 Å². The van der Waals surface area contributed by atoms with Crippen molar-refractivity contribution in [3.05, 3.63) is 23.8 Å². The lowest BCUT2D eigenvalue weighted by Gasteiger charge is -2.30. The zero-order chi connectivity index (χ0) is 15.4. The molecule has 4 nitrogen and oxygen atoms in total. The quantitative estimate of drug-likeness (QED) is 0.855. The minimum atomic E-state index is 0.163. The fourth-order valence-corrected chi connectivity index (χ4v) is 3.27. The van der Waals surface area contributed by atoms with Gasteiger partial charge >= 0.3 is 0 Å². The van der Waals surface area contributed by atoms with Gasteiger partial charge in [0, 0.05) is 12.1 Å². The third-order valence-electron chi connectivity index (χ3n) is 4.57. The number of nitrogens with one attached hydrogen (secondary N) is 1. The van der Waals surface area contributed by atoms with E-state index in [0.29, 0.717) is 24.4 Å². The summed E-state index contributed by atoms with van der Waals surface area (Å²) in [5.41, 5.74) is 1.14. The molecule has 2 atom stereocenters.